The van der Waals surface area contributed by atoms with E-state index in [2.05, 4.69) is 39.1 Å². The lowest BCUT2D eigenvalue weighted by molar-refractivity contribution is 0.312. The van der Waals surface area contributed by atoms with Gasteiger partial charge < -0.3 is 15.1 Å². The molecule has 0 radical (unpaired) electrons. The van der Waals surface area contributed by atoms with Crippen molar-refractivity contribution in [3.05, 3.63) is 11.4 Å². The van der Waals surface area contributed by atoms with Gasteiger partial charge in [-0.05, 0) is 20.9 Å². The highest BCUT2D eigenvalue weighted by Crippen LogP contribution is 2.23. The molecule has 1 fully saturated rings. The van der Waals surface area contributed by atoms with Gasteiger partial charge in [0.2, 0.25) is 0 Å². The van der Waals surface area contributed by atoms with Crippen LogP contribution in [0.2, 0.25) is 0 Å². The van der Waals surface area contributed by atoms with Crippen LogP contribution in [0.4, 0.5) is 11.6 Å². The molecule has 1 N–H and O–H groups in total. The van der Waals surface area contributed by atoms with E-state index in [0.29, 0.717) is 0 Å². The van der Waals surface area contributed by atoms with E-state index >= 15 is 0 Å². The highest BCUT2D eigenvalue weighted by Gasteiger charge is 2.19. The van der Waals surface area contributed by atoms with Gasteiger partial charge >= 0.3 is 0 Å². The summed E-state index contributed by atoms with van der Waals surface area (Å²) >= 11 is 0. The van der Waals surface area contributed by atoms with Gasteiger partial charge in [0.05, 0.1) is 0 Å². The van der Waals surface area contributed by atoms with Crippen LogP contribution in [0.15, 0.2) is 0 Å². The van der Waals surface area contributed by atoms with E-state index in [9.17, 15) is 0 Å². The predicted molar refractivity (Wildman–Crippen MR) is 70.8 cm³/mol. The van der Waals surface area contributed by atoms with Crippen LogP contribution < -0.4 is 10.2 Å². The summed E-state index contributed by atoms with van der Waals surface area (Å²) in [6, 6.07) is 0. The molecule has 1 aromatic rings. The van der Waals surface area contributed by atoms with Crippen LogP contribution >= 0.6 is 0 Å². The monoisotopic (exact) mass is 235 g/mol. The second kappa shape index (κ2) is 4.87. The fourth-order valence-electron chi connectivity index (χ4n) is 2.18. The molecule has 2 heterocycles. The van der Waals surface area contributed by atoms with Crippen molar-refractivity contribution in [2.45, 2.75) is 13.8 Å². The van der Waals surface area contributed by atoms with E-state index in [-0.39, 0.29) is 0 Å². The van der Waals surface area contributed by atoms with Gasteiger partial charge in [0.1, 0.15) is 17.5 Å². The molecule has 5 heteroatoms. The third-order valence-electron chi connectivity index (χ3n) is 3.27. The van der Waals surface area contributed by atoms with Crippen molar-refractivity contribution in [1.29, 1.82) is 0 Å². The number of anilines is 2. The smallest absolute Gasteiger partial charge is 0.137 e. The number of likely N-dealkylation sites (N-methyl/N-ethyl adjacent to an activating group) is 1. The molecule has 0 aromatic carbocycles. The Labute approximate surface area is 103 Å². The average Bonchev–Trinajstić information content (AvgIpc) is 2.33. The molecule has 94 valence electrons. The lowest BCUT2D eigenvalue weighted by atomic mass is 10.2. The van der Waals surface area contributed by atoms with Gasteiger partial charge in [0.15, 0.2) is 0 Å². The Morgan fingerprint density at radius 2 is 1.71 bits per heavy atom. The van der Waals surface area contributed by atoms with Crippen molar-refractivity contribution >= 4 is 11.6 Å². The first-order valence-corrected chi connectivity index (χ1v) is 6.08. The zero-order valence-electron chi connectivity index (χ0n) is 11.1. The van der Waals surface area contributed by atoms with Gasteiger partial charge in [0.25, 0.3) is 0 Å². The van der Waals surface area contributed by atoms with Crippen LogP contribution in [-0.4, -0.2) is 55.1 Å². The SMILES string of the molecule is CNc1nc(C)nc(N2CCN(C)CC2)c1C. The normalized spacial score (nSPS) is 17.3. The van der Waals surface area contributed by atoms with Crippen molar-refractivity contribution in [1.82, 2.24) is 14.9 Å². The highest BCUT2D eigenvalue weighted by atomic mass is 15.3. The van der Waals surface area contributed by atoms with E-state index < -0.39 is 0 Å². The van der Waals surface area contributed by atoms with Gasteiger partial charge in [-0.2, -0.15) is 0 Å². The predicted octanol–water partition coefficient (Wildman–Crippen LogP) is 0.887. The molecule has 1 aliphatic rings. The lowest BCUT2D eigenvalue weighted by Crippen LogP contribution is -2.45. The first kappa shape index (κ1) is 12.1. The number of hydrogen-bond acceptors (Lipinski definition) is 5. The van der Waals surface area contributed by atoms with Crippen LogP contribution in [0.1, 0.15) is 11.4 Å². The first-order valence-electron chi connectivity index (χ1n) is 6.08. The molecule has 1 saturated heterocycles. The number of hydrogen-bond donors (Lipinski definition) is 1. The Morgan fingerprint density at radius 3 is 2.29 bits per heavy atom. The summed E-state index contributed by atoms with van der Waals surface area (Å²) in [6.45, 7) is 8.29. The molecule has 0 saturated carbocycles. The molecule has 0 amide bonds. The van der Waals surface area contributed by atoms with Crippen molar-refractivity contribution in [2.24, 2.45) is 0 Å². The summed E-state index contributed by atoms with van der Waals surface area (Å²) in [4.78, 5) is 13.7. The number of aryl methyl sites for hydroxylation is 1. The Kier molecular flexibility index (Phi) is 3.47. The molecular weight excluding hydrogens is 214 g/mol. The molecule has 0 atom stereocenters. The first-order chi connectivity index (χ1) is 8.11. The van der Waals surface area contributed by atoms with Gasteiger partial charge in [-0.25, -0.2) is 9.97 Å². The molecule has 5 nitrogen and oxygen atoms in total. The topological polar surface area (TPSA) is 44.3 Å². The minimum Gasteiger partial charge on any atom is -0.373 e. The van der Waals surface area contributed by atoms with Gasteiger partial charge in [-0.1, -0.05) is 0 Å². The van der Waals surface area contributed by atoms with Gasteiger partial charge in [0, 0.05) is 38.8 Å². The molecule has 1 aromatic heterocycles. The molecular formula is C12H21N5. The Balaban J connectivity index is 2.28. The number of piperazine rings is 1. The Bertz CT molecular complexity index is 396. The van der Waals surface area contributed by atoms with Crippen LogP contribution in [-0.2, 0) is 0 Å². The van der Waals surface area contributed by atoms with Crippen molar-refractivity contribution in [3.63, 3.8) is 0 Å². The second-order valence-electron chi connectivity index (χ2n) is 4.61. The summed E-state index contributed by atoms with van der Waals surface area (Å²) < 4.78 is 0. The number of nitrogens with one attached hydrogen (secondary N) is 1. The minimum atomic E-state index is 0.828. The van der Waals surface area contributed by atoms with Crippen LogP contribution in [0.25, 0.3) is 0 Å². The molecule has 1 aliphatic heterocycles. The summed E-state index contributed by atoms with van der Waals surface area (Å²) in [5.41, 5.74) is 1.14. The number of aromatic nitrogens is 2. The zero-order valence-corrected chi connectivity index (χ0v) is 11.1. The molecule has 2 rings (SSSR count). The maximum atomic E-state index is 4.59. The number of nitrogens with zero attached hydrogens (tertiary/aromatic N) is 4. The summed E-state index contributed by atoms with van der Waals surface area (Å²) in [6.07, 6.45) is 0. The maximum Gasteiger partial charge on any atom is 0.137 e. The molecule has 0 spiro atoms. The Morgan fingerprint density at radius 1 is 1.06 bits per heavy atom. The molecule has 0 bridgehead atoms. The lowest BCUT2D eigenvalue weighted by Gasteiger charge is -2.34. The maximum absolute atomic E-state index is 4.59. The van der Waals surface area contributed by atoms with E-state index in [1.54, 1.807) is 0 Å². The summed E-state index contributed by atoms with van der Waals surface area (Å²) in [7, 11) is 4.07. The highest BCUT2D eigenvalue weighted by molar-refractivity contribution is 5.58. The quantitative estimate of drug-likeness (QED) is 0.824. The fraction of sp³-hybridized carbons (Fsp3) is 0.667. The third kappa shape index (κ3) is 2.49. The largest absolute Gasteiger partial charge is 0.373 e. The fourth-order valence-corrected chi connectivity index (χ4v) is 2.18. The Hall–Kier alpha value is -1.36. The zero-order chi connectivity index (χ0) is 12.4. The van der Waals surface area contributed by atoms with Crippen molar-refractivity contribution < 1.29 is 0 Å². The standard InChI is InChI=1S/C12H21N5/c1-9-11(13-3)14-10(2)15-12(9)17-7-5-16(4)6-8-17/h5-8H2,1-4H3,(H,13,14,15). The minimum absolute atomic E-state index is 0.828. The molecule has 0 aliphatic carbocycles. The third-order valence-corrected chi connectivity index (χ3v) is 3.27. The van der Waals surface area contributed by atoms with E-state index in [0.717, 1.165) is 49.2 Å². The van der Waals surface area contributed by atoms with Crippen LogP contribution in [0.5, 0.6) is 0 Å². The molecule has 0 unspecified atom stereocenters. The van der Waals surface area contributed by atoms with Crippen LogP contribution in [0, 0.1) is 13.8 Å². The van der Waals surface area contributed by atoms with E-state index in [1.165, 1.54) is 0 Å². The van der Waals surface area contributed by atoms with Gasteiger partial charge in [-0.15, -0.1) is 0 Å². The second-order valence-corrected chi connectivity index (χ2v) is 4.61. The summed E-state index contributed by atoms with van der Waals surface area (Å²) in [5.74, 6) is 2.84. The van der Waals surface area contributed by atoms with E-state index in [4.69, 9.17) is 0 Å². The summed E-state index contributed by atoms with van der Waals surface area (Å²) in [5, 5.41) is 3.14. The van der Waals surface area contributed by atoms with E-state index in [1.807, 2.05) is 14.0 Å². The van der Waals surface area contributed by atoms with Crippen molar-refractivity contribution in [3.8, 4) is 0 Å². The average molecular weight is 235 g/mol. The number of rotatable bonds is 2. The molecule has 17 heavy (non-hydrogen) atoms. The van der Waals surface area contributed by atoms with Gasteiger partial charge in [-0.3, -0.25) is 0 Å². The van der Waals surface area contributed by atoms with Crippen LogP contribution in [0.3, 0.4) is 0 Å². The van der Waals surface area contributed by atoms with Crippen molar-refractivity contribution in [2.75, 3.05) is 50.5 Å².